The third-order valence-electron chi connectivity index (χ3n) is 2.19. The van der Waals surface area contributed by atoms with Gasteiger partial charge < -0.3 is 4.74 Å². The Labute approximate surface area is 108 Å². The van der Waals surface area contributed by atoms with Crippen molar-refractivity contribution in [1.82, 2.24) is 20.0 Å². The van der Waals surface area contributed by atoms with Crippen molar-refractivity contribution in [3.8, 4) is 5.82 Å². The zero-order valence-electron chi connectivity index (χ0n) is 9.10. The Hall–Kier alpha value is -1.17. The van der Waals surface area contributed by atoms with Gasteiger partial charge in [-0.15, -0.1) is 16.7 Å². The highest BCUT2D eigenvalue weighted by molar-refractivity contribution is 6.31. The van der Waals surface area contributed by atoms with Gasteiger partial charge in [-0.05, 0) is 12.1 Å². The van der Waals surface area contributed by atoms with E-state index in [9.17, 15) is 0 Å². The fourth-order valence-corrected chi connectivity index (χ4v) is 2.06. The van der Waals surface area contributed by atoms with E-state index in [1.807, 2.05) is 0 Å². The van der Waals surface area contributed by atoms with Crippen molar-refractivity contribution in [3.63, 3.8) is 0 Å². The average molecular weight is 273 g/mol. The first-order valence-electron chi connectivity index (χ1n) is 4.87. The SMILES string of the molecule is COCc1nn(-c2cccnn2)c(Cl)c1CCl. The number of alkyl halides is 1. The molecule has 0 aliphatic heterocycles. The molecule has 2 aromatic heterocycles. The van der Waals surface area contributed by atoms with Crippen LogP contribution in [-0.2, 0) is 17.2 Å². The third kappa shape index (κ3) is 2.41. The number of hydrogen-bond donors (Lipinski definition) is 0. The Balaban J connectivity index is 2.49. The highest BCUT2D eigenvalue weighted by Crippen LogP contribution is 2.24. The summed E-state index contributed by atoms with van der Waals surface area (Å²) >= 11 is 12.0. The minimum Gasteiger partial charge on any atom is -0.378 e. The van der Waals surface area contributed by atoms with Gasteiger partial charge in [0.15, 0.2) is 5.82 Å². The second-order valence-electron chi connectivity index (χ2n) is 3.28. The van der Waals surface area contributed by atoms with Crippen molar-refractivity contribution < 1.29 is 4.74 Å². The van der Waals surface area contributed by atoms with Crippen LogP contribution in [0.3, 0.4) is 0 Å². The molecule has 5 nitrogen and oxygen atoms in total. The van der Waals surface area contributed by atoms with Crippen molar-refractivity contribution in [3.05, 3.63) is 34.7 Å². The lowest BCUT2D eigenvalue weighted by Crippen LogP contribution is -2.01. The van der Waals surface area contributed by atoms with E-state index in [1.165, 1.54) is 4.68 Å². The summed E-state index contributed by atoms with van der Waals surface area (Å²) in [5.41, 5.74) is 1.46. The van der Waals surface area contributed by atoms with E-state index >= 15 is 0 Å². The summed E-state index contributed by atoms with van der Waals surface area (Å²) in [6.07, 6.45) is 1.58. The van der Waals surface area contributed by atoms with Gasteiger partial charge in [-0.25, -0.2) is 4.68 Å². The lowest BCUT2D eigenvalue weighted by Gasteiger charge is -1.99. The van der Waals surface area contributed by atoms with E-state index < -0.39 is 0 Å². The monoisotopic (exact) mass is 272 g/mol. The van der Waals surface area contributed by atoms with Crippen LogP contribution in [-0.4, -0.2) is 27.1 Å². The molecule has 0 N–H and O–H groups in total. The number of methoxy groups -OCH3 is 1. The Morgan fingerprint density at radius 2 is 2.29 bits per heavy atom. The second-order valence-corrected chi connectivity index (χ2v) is 3.90. The van der Waals surface area contributed by atoms with Gasteiger partial charge in [0, 0.05) is 18.9 Å². The van der Waals surface area contributed by atoms with Crippen LogP contribution in [0.4, 0.5) is 0 Å². The largest absolute Gasteiger partial charge is 0.378 e. The van der Waals surface area contributed by atoms with Crippen LogP contribution >= 0.6 is 23.2 Å². The van der Waals surface area contributed by atoms with Gasteiger partial charge in [0.05, 0.1) is 18.2 Å². The molecule has 2 rings (SSSR count). The third-order valence-corrected chi connectivity index (χ3v) is 2.85. The molecule has 17 heavy (non-hydrogen) atoms. The van der Waals surface area contributed by atoms with Crippen LogP contribution in [0.1, 0.15) is 11.3 Å². The van der Waals surface area contributed by atoms with Gasteiger partial charge in [-0.3, -0.25) is 0 Å². The van der Waals surface area contributed by atoms with Crippen molar-refractivity contribution in [2.75, 3.05) is 7.11 Å². The van der Waals surface area contributed by atoms with Crippen LogP contribution in [0.25, 0.3) is 5.82 Å². The number of ether oxygens (including phenoxy) is 1. The zero-order valence-corrected chi connectivity index (χ0v) is 10.6. The number of hydrogen-bond acceptors (Lipinski definition) is 4. The van der Waals surface area contributed by atoms with Crippen molar-refractivity contribution >= 4 is 23.2 Å². The first-order valence-corrected chi connectivity index (χ1v) is 5.78. The van der Waals surface area contributed by atoms with Gasteiger partial charge in [0.2, 0.25) is 0 Å². The fraction of sp³-hybridized carbons (Fsp3) is 0.300. The van der Waals surface area contributed by atoms with Gasteiger partial charge in [-0.1, -0.05) is 11.6 Å². The summed E-state index contributed by atoms with van der Waals surface area (Å²) in [7, 11) is 1.59. The summed E-state index contributed by atoms with van der Waals surface area (Å²) < 4.78 is 6.55. The van der Waals surface area contributed by atoms with Crippen LogP contribution in [0.2, 0.25) is 5.15 Å². The number of aromatic nitrogens is 4. The lowest BCUT2D eigenvalue weighted by molar-refractivity contribution is 0.180. The van der Waals surface area contributed by atoms with E-state index in [0.29, 0.717) is 23.3 Å². The summed E-state index contributed by atoms with van der Waals surface area (Å²) in [5, 5.41) is 12.5. The predicted molar refractivity (Wildman–Crippen MR) is 64.4 cm³/mol. The molecule has 0 unspecified atom stereocenters. The molecule has 2 heterocycles. The standard InChI is InChI=1S/C10H10Cl2N4O/c1-17-6-8-7(5-11)10(12)16(15-8)9-3-2-4-13-14-9/h2-4H,5-6H2,1H3. The quantitative estimate of drug-likeness (QED) is 0.801. The van der Waals surface area contributed by atoms with Gasteiger partial charge in [-0.2, -0.15) is 10.2 Å². The summed E-state index contributed by atoms with van der Waals surface area (Å²) in [6.45, 7) is 0.356. The molecule has 2 aromatic rings. The number of nitrogens with zero attached hydrogens (tertiary/aromatic N) is 4. The maximum absolute atomic E-state index is 6.19. The Bertz CT molecular complexity index is 501. The molecule has 0 aliphatic rings. The average Bonchev–Trinajstić information content (AvgIpc) is 2.67. The van der Waals surface area contributed by atoms with E-state index in [2.05, 4.69) is 15.3 Å². The molecule has 0 bridgehead atoms. The van der Waals surface area contributed by atoms with Crippen LogP contribution in [0.5, 0.6) is 0 Å². The number of halogens is 2. The lowest BCUT2D eigenvalue weighted by atomic mass is 10.3. The molecule has 0 radical (unpaired) electrons. The van der Waals surface area contributed by atoms with E-state index in [0.717, 1.165) is 5.56 Å². The molecule has 0 saturated carbocycles. The molecule has 0 aliphatic carbocycles. The molecule has 0 fully saturated rings. The highest BCUT2D eigenvalue weighted by atomic mass is 35.5. The first kappa shape index (κ1) is 12.3. The topological polar surface area (TPSA) is 52.8 Å². The normalized spacial score (nSPS) is 10.8. The molecule has 0 aromatic carbocycles. The van der Waals surface area contributed by atoms with Crippen LogP contribution in [0.15, 0.2) is 18.3 Å². The molecule has 90 valence electrons. The van der Waals surface area contributed by atoms with Gasteiger partial charge >= 0.3 is 0 Å². The Kier molecular flexibility index (Phi) is 3.93. The maximum atomic E-state index is 6.19. The summed E-state index contributed by atoms with van der Waals surface area (Å²) in [4.78, 5) is 0. The van der Waals surface area contributed by atoms with Crippen molar-refractivity contribution in [2.24, 2.45) is 0 Å². The Morgan fingerprint density at radius 1 is 1.47 bits per heavy atom. The van der Waals surface area contributed by atoms with Crippen LogP contribution in [0, 0.1) is 0 Å². The molecule has 0 amide bonds. The minimum atomic E-state index is 0.276. The number of rotatable bonds is 4. The predicted octanol–water partition coefficient (Wildman–Crippen LogP) is 2.20. The summed E-state index contributed by atoms with van der Waals surface area (Å²) in [6, 6.07) is 3.52. The molecule has 0 spiro atoms. The Morgan fingerprint density at radius 3 is 2.88 bits per heavy atom. The smallest absolute Gasteiger partial charge is 0.177 e. The molecule has 0 saturated heterocycles. The van der Waals surface area contributed by atoms with E-state index in [-0.39, 0.29) is 5.88 Å². The summed E-state index contributed by atoms with van der Waals surface area (Å²) in [5.74, 6) is 0.823. The van der Waals surface area contributed by atoms with Gasteiger partial charge in [0.25, 0.3) is 0 Å². The van der Waals surface area contributed by atoms with Crippen molar-refractivity contribution in [1.29, 1.82) is 0 Å². The zero-order chi connectivity index (χ0) is 12.3. The van der Waals surface area contributed by atoms with E-state index in [4.69, 9.17) is 27.9 Å². The first-order chi connectivity index (χ1) is 8.27. The van der Waals surface area contributed by atoms with Gasteiger partial charge in [0.1, 0.15) is 5.15 Å². The minimum absolute atomic E-state index is 0.276. The molecule has 7 heteroatoms. The molecular formula is C10H10Cl2N4O. The maximum Gasteiger partial charge on any atom is 0.177 e. The molecule has 0 atom stereocenters. The van der Waals surface area contributed by atoms with E-state index in [1.54, 1.807) is 25.4 Å². The van der Waals surface area contributed by atoms with Crippen LogP contribution < -0.4 is 0 Å². The van der Waals surface area contributed by atoms with Crippen molar-refractivity contribution in [2.45, 2.75) is 12.5 Å². The second kappa shape index (κ2) is 5.44. The highest BCUT2D eigenvalue weighted by Gasteiger charge is 2.17. The fourth-order valence-electron chi connectivity index (χ4n) is 1.41. The molecular weight excluding hydrogens is 263 g/mol.